The van der Waals surface area contributed by atoms with E-state index in [-0.39, 0.29) is 0 Å². The predicted octanol–water partition coefficient (Wildman–Crippen LogP) is -0.235. The second kappa shape index (κ2) is 4.08. The molecule has 0 unspecified atom stereocenters. The third-order valence-corrected chi connectivity index (χ3v) is 1.68. The Morgan fingerprint density at radius 1 is 1.36 bits per heavy atom. The van der Waals surface area contributed by atoms with Crippen LogP contribution in [-0.4, -0.2) is 27.6 Å². The average Bonchev–Trinajstić information content (AvgIpc) is 2.47. The number of hydrogen-bond donors (Lipinski definition) is 1. The van der Waals surface area contributed by atoms with Gasteiger partial charge >= 0.3 is 0 Å². The zero-order valence-corrected chi connectivity index (χ0v) is 8.52. The van der Waals surface area contributed by atoms with Gasteiger partial charge in [-0.2, -0.15) is 5.10 Å². The quantitative estimate of drug-likeness (QED) is 0.581. The zero-order valence-electron chi connectivity index (χ0n) is 8.52. The summed E-state index contributed by atoms with van der Waals surface area (Å²) in [5.74, 6) is 0.366. The molecule has 0 fully saturated rings. The van der Waals surface area contributed by atoms with E-state index in [4.69, 9.17) is 13.6 Å². The lowest BCUT2D eigenvalue weighted by atomic mass is 10.0. The van der Waals surface area contributed by atoms with Crippen LogP contribution in [0.5, 0.6) is 0 Å². The van der Waals surface area contributed by atoms with E-state index >= 15 is 0 Å². The summed E-state index contributed by atoms with van der Waals surface area (Å²) < 4.78 is 1.57. The van der Waals surface area contributed by atoms with Crippen molar-refractivity contribution in [3.8, 4) is 0 Å². The standard InChI is InChI=1S/C6H6BN5.C2H6/c1-12-6-3(4(7)11-12)5(8)9-2-10-6;1-2/h2H,1H3,(H2,8,9,10);1-2H3. The summed E-state index contributed by atoms with van der Waals surface area (Å²) in [5, 5.41) is 4.59. The van der Waals surface area contributed by atoms with Crippen molar-refractivity contribution < 1.29 is 0 Å². The molecule has 0 aliphatic carbocycles. The Labute approximate surface area is 83.8 Å². The van der Waals surface area contributed by atoms with Gasteiger partial charge in [0.2, 0.25) is 0 Å². The molecular formula is C8H12BN5. The Hall–Kier alpha value is -1.59. The van der Waals surface area contributed by atoms with Crippen LogP contribution in [-0.2, 0) is 7.05 Å². The van der Waals surface area contributed by atoms with Gasteiger partial charge in [0.05, 0.1) is 5.39 Å². The first-order valence-electron chi connectivity index (χ1n) is 4.39. The van der Waals surface area contributed by atoms with Crippen molar-refractivity contribution in [2.45, 2.75) is 13.8 Å². The minimum absolute atomic E-state index is 0.366. The molecule has 0 aliphatic rings. The molecule has 2 N–H and O–H groups in total. The molecule has 6 heteroatoms. The van der Waals surface area contributed by atoms with Gasteiger partial charge in [0.25, 0.3) is 0 Å². The largest absolute Gasteiger partial charge is 0.383 e. The van der Waals surface area contributed by atoms with Crippen LogP contribution in [0, 0.1) is 0 Å². The van der Waals surface area contributed by atoms with Crippen LogP contribution in [0.25, 0.3) is 11.0 Å². The lowest BCUT2D eigenvalue weighted by Gasteiger charge is -1.94. The summed E-state index contributed by atoms with van der Waals surface area (Å²) >= 11 is 0. The van der Waals surface area contributed by atoms with Crippen molar-refractivity contribution in [3.05, 3.63) is 6.33 Å². The van der Waals surface area contributed by atoms with Gasteiger partial charge in [0.15, 0.2) is 5.65 Å². The molecule has 0 saturated heterocycles. The Balaban J connectivity index is 0.000000461. The second-order valence-corrected chi connectivity index (χ2v) is 2.47. The number of hydrogen-bond acceptors (Lipinski definition) is 4. The van der Waals surface area contributed by atoms with Crippen molar-refractivity contribution in [1.82, 2.24) is 19.7 Å². The van der Waals surface area contributed by atoms with E-state index in [9.17, 15) is 0 Å². The van der Waals surface area contributed by atoms with Gasteiger partial charge in [-0.05, 0) is 0 Å². The van der Waals surface area contributed by atoms with Gasteiger partial charge < -0.3 is 5.73 Å². The lowest BCUT2D eigenvalue weighted by Crippen LogP contribution is -2.07. The highest BCUT2D eigenvalue weighted by atomic mass is 15.3. The number of nitrogens with two attached hydrogens (primary N) is 1. The molecule has 2 heterocycles. The Kier molecular flexibility index (Phi) is 3.06. The van der Waals surface area contributed by atoms with Crippen molar-refractivity contribution in [2.75, 3.05) is 5.73 Å². The summed E-state index contributed by atoms with van der Waals surface area (Å²) in [5.41, 5.74) is 6.60. The molecule has 0 amide bonds. The van der Waals surface area contributed by atoms with E-state index in [1.807, 2.05) is 13.8 Å². The maximum absolute atomic E-state index is 5.59. The highest BCUT2D eigenvalue weighted by Crippen LogP contribution is 2.11. The molecule has 5 nitrogen and oxygen atoms in total. The molecule has 0 aromatic carbocycles. The third-order valence-electron chi connectivity index (χ3n) is 1.68. The number of nitrogen functional groups attached to an aromatic ring is 1. The number of aryl methyl sites for hydroxylation is 1. The van der Waals surface area contributed by atoms with E-state index in [2.05, 4.69) is 15.1 Å². The molecule has 0 saturated carbocycles. The predicted molar refractivity (Wildman–Crippen MR) is 57.5 cm³/mol. The summed E-state index contributed by atoms with van der Waals surface area (Å²) in [6.45, 7) is 4.00. The highest BCUT2D eigenvalue weighted by Gasteiger charge is 2.08. The fraction of sp³-hybridized carbons (Fsp3) is 0.375. The number of nitrogens with zero attached hydrogens (tertiary/aromatic N) is 4. The molecule has 2 aromatic heterocycles. The van der Waals surface area contributed by atoms with Gasteiger partial charge in [0.1, 0.15) is 20.0 Å². The SMILES string of the molecule is CC.[B]c1nn(C)c2ncnc(N)c12. The summed E-state index contributed by atoms with van der Waals surface area (Å²) in [6.07, 6.45) is 1.39. The first-order chi connectivity index (χ1) is 6.70. The average molecular weight is 189 g/mol. The molecule has 0 atom stereocenters. The van der Waals surface area contributed by atoms with Crippen LogP contribution >= 0.6 is 0 Å². The zero-order chi connectivity index (χ0) is 10.7. The van der Waals surface area contributed by atoms with Gasteiger partial charge in [-0.25, -0.2) is 9.97 Å². The summed E-state index contributed by atoms with van der Waals surface area (Å²) in [6, 6.07) is 0. The van der Waals surface area contributed by atoms with Gasteiger partial charge in [-0.1, -0.05) is 13.8 Å². The molecule has 2 rings (SSSR count). The van der Waals surface area contributed by atoms with Crippen molar-refractivity contribution in [1.29, 1.82) is 0 Å². The van der Waals surface area contributed by atoms with Crippen LogP contribution in [0.1, 0.15) is 13.8 Å². The Morgan fingerprint density at radius 2 is 2.00 bits per heavy atom. The molecular weight excluding hydrogens is 177 g/mol. The van der Waals surface area contributed by atoms with Crippen LogP contribution in [0.15, 0.2) is 6.33 Å². The molecule has 2 radical (unpaired) electrons. The summed E-state index contributed by atoms with van der Waals surface area (Å²) in [4.78, 5) is 7.81. The highest BCUT2D eigenvalue weighted by molar-refractivity contribution is 6.38. The Morgan fingerprint density at radius 3 is 2.57 bits per heavy atom. The van der Waals surface area contributed by atoms with Crippen LogP contribution in [0.3, 0.4) is 0 Å². The van der Waals surface area contributed by atoms with E-state index in [1.54, 1.807) is 11.7 Å². The molecule has 0 spiro atoms. The van der Waals surface area contributed by atoms with Crippen molar-refractivity contribution in [3.63, 3.8) is 0 Å². The fourth-order valence-corrected chi connectivity index (χ4v) is 1.14. The Bertz CT molecular complexity index is 436. The lowest BCUT2D eigenvalue weighted by molar-refractivity contribution is 0.794. The van der Waals surface area contributed by atoms with Crippen LogP contribution in [0.2, 0.25) is 0 Å². The summed E-state index contributed by atoms with van der Waals surface area (Å²) in [7, 11) is 7.34. The van der Waals surface area contributed by atoms with E-state index < -0.39 is 0 Å². The number of fused-ring (bicyclic) bond motifs is 1. The van der Waals surface area contributed by atoms with Gasteiger partial charge in [-0.3, -0.25) is 4.68 Å². The monoisotopic (exact) mass is 189 g/mol. The molecule has 14 heavy (non-hydrogen) atoms. The minimum atomic E-state index is 0.366. The van der Waals surface area contributed by atoms with E-state index in [1.165, 1.54) is 6.33 Å². The number of anilines is 1. The van der Waals surface area contributed by atoms with Crippen LogP contribution in [0.4, 0.5) is 5.82 Å². The first-order valence-corrected chi connectivity index (χ1v) is 4.39. The van der Waals surface area contributed by atoms with Crippen molar-refractivity contribution >= 4 is 30.3 Å². The normalized spacial score (nSPS) is 9.64. The molecule has 72 valence electrons. The van der Waals surface area contributed by atoms with Crippen molar-refractivity contribution in [2.24, 2.45) is 7.05 Å². The maximum Gasteiger partial charge on any atom is 0.162 e. The molecule has 2 aromatic rings. The van der Waals surface area contributed by atoms with E-state index in [0.29, 0.717) is 22.4 Å². The van der Waals surface area contributed by atoms with Crippen LogP contribution < -0.4 is 11.3 Å². The fourth-order valence-electron chi connectivity index (χ4n) is 1.14. The molecule has 0 bridgehead atoms. The number of aromatic nitrogens is 4. The topological polar surface area (TPSA) is 69.6 Å². The third kappa shape index (κ3) is 1.55. The van der Waals surface area contributed by atoms with Gasteiger partial charge in [-0.15, -0.1) is 0 Å². The smallest absolute Gasteiger partial charge is 0.162 e. The van der Waals surface area contributed by atoms with E-state index in [0.717, 1.165) is 0 Å². The number of rotatable bonds is 0. The minimum Gasteiger partial charge on any atom is -0.383 e. The second-order valence-electron chi connectivity index (χ2n) is 2.47. The first kappa shape index (κ1) is 10.5. The van der Waals surface area contributed by atoms with Gasteiger partial charge in [0, 0.05) is 12.6 Å². The maximum atomic E-state index is 5.59. The molecule has 0 aliphatic heterocycles.